The van der Waals surface area contributed by atoms with Crippen LogP contribution in [0.2, 0.25) is 0 Å². The molecule has 3 rings (SSSR count). The maximum Gasteiger partial charge on any atom is 0.234 e. The van der Waals surface area contributed by atoms with Gasteiger partial charge in [-0.25, -0.2) is 0 Å². The fourth-order valence-electron chi connectivity index (χ4n) is 3.85. The van der Waals surface area contributed by atoms with Crippen LogP contribution < -0.4 is 16.0 Å². The van der Waals surface area contributed by atoms with Gasteiger partial charge in [0.05, 0.1) is 11.6 Å². The van der Waals surface area contributed by atoms with E-state index in [0.29, 0.717) is 11.4 Å². The number of hydrogen-bond donors (Lipinski definition) is 2. The predicted molar refractivity (Wildman–Crippen MR) is 96.1 cm³/mol. The summed E-state index contributed by atoms with van der Waals surface area (Å²) in [6.45, 7) is 3.77. The number of nitrogens with zero attached hydrogens (tertiary/aromatic N) is 1. The molecule has 3 N–H and O–H groups in total. The van der Waals surface area contributed by atoms with Crippen molar-refractivity contribution < 1.29 is 14.4 Å². The van der Waals surface area contributed by atoms with Crippen LogP contribution in [0.25, 0.3) is 0 Å². The second kappa shape index (κ2) is 6.59. The van der Waals surface area contributed by atoms with Crippen LogP contribution in [0.15, 0.2) is 18.2 Å². The molecule has 6 nitrogen and oxygen atoms in total. The van der Waals surface area contributed by atoms with Gasteiger partial charge in [-0.05, 0) is 50.5 Å². The number of imide groups is 1. The van der Waals surface area contributed by atoms with E-state index in [9.17, 15) is 14.4 Å². The van der Waals surface area contributed by atoms with E-state index in [2.05, 4.69) is 5.32 Å². The van der Waals surface area contributed by atoms with Gasteiger partial charge < -0.3 is 11.1 Å². The standard InChI is InChI=1S/C19H25N3O3/c1-12-11-13(6-7-15(12)22-16(23)8-9-17(22)24)21-18(25)14-5-3-4-10-19(14,2)20/h6-7,11,14H,3-5,8-10,20H2,1-2H3,(H,21,25). The van der Waals surface area contributed by atoms with Crippen molar-refractivity contribution in [1.82, 2.24) is 0 Å². The molecule has 1 aliphatic carbocycles. The summed E-state index contributed by atoms with van der Waals surface area (Å²) in [5, 5.41) is 2.94. The zero-order valence-electron chi connectivity index (χ0n) is 14.8. The van der Waals surface area contributed by atoms with Gasteiger partial charge in [-0.15, -0.1) is 0 Å². The summed E-state index contributed by atoms with van der Waals surface area (Å²) >= 11 is 0. The topological polar surface area (TPSA) is 92.5 Å². The third-order valence-electron chi connectivity index (χ3n) is 5.33. The Bertz CT molecular complexity index is 711. The number of amides is 3. The summed E-state index contributed by atoms with van der Waals surface area (Å²) in [7, 11) is 0. The summed E-state index contributed by atoms with van der Waals surface area (Å²) in [6.07, 6.45) is 4.24. The Hall–Kier alpha value is -2.21. The lowest BCUT2D eigenvalue weighted by molar-refractivity contribution is -0.123. The first kappa shape index (κ1) is 17.6. The zero-order valence-corrected chi connectivity index (χ0v) is 14.8. The fraction of sp³-hybridized carbons (Fsp3) is 0.526. The molecule has 1 heterocycles. The van der Waals surface area contributed by atoms with Gasteiger partial charge in [0.15, 0.2) is 0 Å². The molecule has 1 aromatic rings. The normalized spacial score (nSPS) is 26.8. The molecule has 6 heteroatoms. The van der Waals surface area contributed by atoms with Gasteiger partial charge in [-0.3, -0.25) is 19.3 Å². The van der Waals surface area contributed by atoms with Gasteiger partial charge in [-0.1, -0.05) is 12.8 Å². The van der Waals surface area contributed by atoms with Crippen molar-refractivity contribution in [2.45, 2.75) is 57.9 Å². The minimum absolute atomic E-state index is 0.0647. The molecule has 1 aliphatic heterocycles. The van der Waals surface area contributed by atoms with Crippen LogP contribution in [0.3, 0.4) is 0 Å². The van der Waals surface area contributed by atoms with Crippen LogP contribution in [-0.4, -0.2) is 23.3 Å². The first-order valence-electron chi connectivity index (χ1n) is 8.86. The molecule has 1 saturated carbocycles. The Morgan fingerprint density at radius 1 is 1.24 bits per heavy atom. The molecule has 1 aromatic carbocycles. The van der Waals surface area contributed by atoms with E-state index in [1.807, 2.05) is 13.8 Å². The molecule has 25 heavy (non-hydrogen) atoms. The number of carbonyl (C=O) groups excluding carboxylic acids is 3. The number of anilines is 2. The summed E-state index contributed by atoms with van der Waals surface area (Å²) < 4.78 is 0. The van der Waals surface area contributed by atoms with E-state index >= 15 is 0 Å². The van der Waals surface area contributed by atoms with Gasteiger partial charge >= 0.3 is 0 Å². The molecule has 0 spiro atoms. The van der Waals surface area contributed by atoms with Crippen LogP contribution in [0, 0.1) is 12.8 Å². The van der Waals surface area contributed by atoms with E-state index in [1.54, 1.807) is 18.2 Å². The average Bonchev–Trinajstić information content (AvgIpc) is 2.86. The molecule has 0 radical (unpaired) electrons. The number of rotatable bonds is 3. The summed E-state index contributed by atoms with van der Waals surface area (Å²) in [6, 6.07) is 5.24. The Balaban J connectivity index is 1.76. The summed E-state index contributed by atoms with van der Waals surface area (Å²) in [5.74, 6) is -0.620. The highest BCUT2D eigenvalue weighted by Crippen LogP contribution is 2.33. The second-order valence-corrected chi connectivity index (χ2v) is 7.42. The van der Waals surface area contributed by atoms with Crippen molar-refractivity contribution in [3.8, 4) is 0 Å². The van der Waals surface area contributed by atoms with Crippen LogP contribution in [0.5, 0.6) is 0 Å². The monoisotopic (exact) mass is 343 g/mol. The lowest BCUT2D eigenvalue weighted by atomic mass is 9.74. The van der Waals surface area contributed by atoms with Crippen LogP contribution in [0.1, 0.15) is 51.0 Å². The van der Waals surface area contributed by atoms with Crippen molar-refractivity contribution in [2.24, 2.45) is 11.7 Å². The van der Waals surface area contributed by atoms with E-state index in [1.165, 1.54) is 4.90 Å². The van der Waals surface area contributed by atoms with E-state index in [4.69, 9.17) is 5.73 Å². The molecule has 0 bridgehead atoms. The maximum atomic E-state index is 12.6. The third kappa shape index (κ3) is 3.44. The van der Waals surface area contributed by atoms with Crippen LogP contribution in [-0.2, 0) is 14.4 Å². The minimum atomic E-state index is -0.480. The first-order valence-corrected chi connectivity index (χ1v) is 8.86. The van der Waals surface area contributed by atoms with E-state index in [0.717, 1.165) is 31.2 Å². The number of hydrogen-bond acceptors (Lipinski definition) is 4. The van der Waals surface area contributed by atoms with Crippen molar-refractivity contribution in [3.63, 3.8) is 0 Å². The SMILES string of the molecule is Cc1cc(NC(=O)C2CCCCC2(C)N)ccc1N1C(=O)CCC1=O. The molecule has 0 aromatic heterocycles. The molecule has 2 atom stereocenters. The fourth-order valence-corrected chi connectivity index (χ4v) is 3.85. The van der Waals surface area contributed by atoms with Crippen molar-refractivity contribution in [2.75, 3.05) is 10.2 Å². The first-order chi connectivity index (χ1) is 11.8. The smallest absolute Gasteiger partial charge is 0.234 e. The highest BCUT2D eigenvalue weighted by Gasteiger charge is 2.38. The largest absolute Gasteiger partial charge is 0.326 e. The number of nitrogens with one attached hydrogen (secondary N) is 1. The Kier molecular flexibility index (Phi) is 4.64. The van der Waals surface area contributed by atoms with E-state index in [-0.39, 0.29) is 36.5 Å². The minimum Gasteiger partial charge on any atom is -0.326 e. The van der Waals surface area contributed by atoms with Gasteiger partial charge in [0.25, 0.3) is 0 Å². The molecule has 2 aliphatic rings. The summed E-state index contributed by atoms with van der Waals surface area (Å²) in [5.41, 5.74) is 7.85. The quantitative estimate of drug-likeness (QED) is 0.825. The average molecular weight is 343 g/mol. The number of aryl methyl sites for hydroxylation is 1. The maximum absolute atomic E-state index is 12.6. The predicted octanol–water partition coefficient (Wildman–Crippen LogP) is 2.49. The number of benzene rings is 1. The highest BCUT2D eigenvalue weighted by molar-refractivity contribution is 6.20. The van der Waals surface area contributed by atoms with Crippen LogP contribution in [0.4, 0.5) is 11.4 Å². The zero-order chi connectivity index (χ0) is 18.2. The number of carbonyl (C=O) groups is 3. The lowest BCUT2D eigenvalue weighted by Crippen LogP contribution is -2.51. The lowest BCUT2D eigenvalue weighted by Gasteiger charge is -2.37. The molecule has 2 fully saturated rings. The van der Waals surface area contributed by atoms with Gasteiger partial charge in [-0.2, -0.15) is 0 Å². The molecular formula is C19H25N3O3. The van der Waals surface area contributed by atoms with E-state index < -0.39 is 5.54 Å². The molecule has 1 saturated heterocycles. The molecule has 3 amide bonds. The van der Waals surface area contributed by atoms with Crippen molar-refractivity contribution in [1.29, 1.82) is 0 Å². The highest BCUT2D eigenvalue weighted by atomic mass is 16.2. The Morgan fingerprint density at radius 2 is 1.92 bits per heavy atom. The molecule has 2 unspecified atom stereocenters. The third-order valence-corrected chi connectivity index (χ3v) is 5.33. The summed E-state index contributed by atoms with van der Waals surface area (Å²) in [4.78, 5) is 37.7. The second-order valence-electron chi connectivity index (χ2n) is 7.42. The van der Waals surface area contributed by atoms with Crippen LogP contribution >= 0.6 is 0 Å². The number of nitrogens with two attached hydrogens (primary N) is 1. The Labute approximate surface area is 147 Å². The van der Waals surface area contributed by atoms with Gasteiger partial charge in [0.1, 0.15) is 0 Å². The molecular weight excluding hydrogens is 318 g/mol. The molecule has 134 valence electrons. The van der Waals surface area contributed by atoms with Crippen molar-refractivity contribution >= 4 is 29.1 Å². The van der Waals surface area contributed by atoms with Crippen molar-refractivity contribution in [3.05, 3.63) is 23.8 Å². The van der Waals surface area contributed by atoms with Gasteiger partial charge in [0.2, 0.25) is 17.7 Å². The van der Waals surface area contributed by atoms with Gasteiger partial charge in [0, 0.05) is 24.1 Å². The Morgan fingerprint density at radius 3 is 2.52 bits per heavy atom.